The summed E-state index contributed by atoms with van der Waals surface area (Å²) in [6.07, 6.45) is 0. The third-order valence-corrected chi connectivity index (χ3v) is 28.6. The lowest BCUT2D eigenvalue weighted by Gasteiger charge is -2.46. The van der Waals surface area contributed by atoms with E-state index in [1.165, 1.54) is 84.6 Å². The number of fused-ring (bicyclic) bond motifs is 10. The van der Waals surface area contributed by atoms with E-state index in [2.05, 4.69) is 482 Å². The van der Waals surface area contributed by atoms with E-state index in [0.29, 0.717) is 0 Å². The third kappa shape index (κ3) is 13.7. The van der Waals surface area contributed by atoms with Crippen LogP contribution in [0.15, 0.2) is 431 Å². The SMILES string of the molecule is CC(C)(C)c1cc(-c2ccccc2)c(N2c3cc(-c4cc(-c5ccccc5)cc(-c5ccccc5)c4)ccc3B3c4ccc(-c5cccc(-c6ccccc6)c5)cc4N(c4c(-c5cccc6sc7ccccc7c56)cc(C(C)(C)C)cc4-c4cccc5sc6ccccc6c45)c4cc(-c5cc(-c6ccccc6)cc(-c6ccccc6)c5)cc2c43)c(-c2ccccc2)c1. The van der Waals surface area contributed by atoms with Crippen LogP contribution >= 0.6 is 22.7 Å². The van der Waals surface area contributed by atoms with Crippen LogP contribution < -0.4 is 26.2 Å². The van der Waals surface area contributed by atoms with Crippen molar-refractivity contribution in [3.8, 4) is 134 Å². The van der Waals surface area contributed by atoms with Crippen LogP contribution in [0.3, 0.4) is 0 Å². The van der Waals surface area contributed by atoms with Crippen molar-refractivity contribution in [2.24, 2.45) is 0 Å². The van der Waals surface area contributed by atoms with Crippen molar-refractivity contribution in [2.75, 3.05) is 9.80 Å². The second kappa shape index (κ2) is 31.2. The summed E-state index contributed by atoms with van der Waals surface area (Å²) in [5.41, 5.74) is 39.6. The van der Waals surface area contributed by atoms with Gasteiger partial charge in [-0.05, 0) is 265 Å². The number of anilines is 6. The van der Waals surface area contributed by atoms with Crippen molar-refractivity contribution in [1.29, 1.82) is 0 Å². The molecule has 0 saturated heterocycles. The van der Waals surface area contributed by atoms with Crippen molar-refractivity contribution in [1.82, 2.24) is 0 Å². The van der Waals surface area contributed by atoms with E-state index in [-0.39, 0.29) is 17.5 Å². The van der Waals surface area contributed by atoms with Gasteiger partial charge in [-0.3, -0.25) is 0 Å². The molecule has 0 bridgehead atoms. The number of rotatable bonds is 14. The molecule has 0 amide bonds. The maximum atomic E-state index is 2.81. The Kier molecular flexibility index (Phi) is 18.9. The van der Waals surface area contributed by atoms with Gasteiger partial charge in [0.05, 0.1) is 11.4 Å². The van der Waals surface area contributed by atoms with Crippen molar-refractivity contribution in [2.45, 2.75) is 52.4 Å². The summed E-state index contributed by atoms with van der Waals surface area (Å²) in [7, 11) is 0. The van der Waals surface area contributed by atoms with Gasteiger partial charge in [0.25, 0.3) is 6.71 Å². The molecule has 4 heterocycles. The van der Waals surface area contributed by atoms with Crippen LogP contribution in [0, 0.1) is 0 Å². The van der Waals surface area contributed by atoms with Gasteiger partial charge in [-0.2, -0.15) is 0 Å². The predicted molar refractivity (Wildman–Crippen MR) is 549 cm³/mol. The molecule has 2 nitrogen and oxygen atoms in total. The molecule has 0 N–H and O–H groups in total. The Labute approximate surface area is 752 Å². The first kappa shape index (κ1) is 77.1. The van der Waals surface area contributed by atoms with Crippen molar-refractivity contribution >= 4 is 120 Å². The summed E-state index contributed by atoms with van der Waals surface area (Å²) in [6.45, 7) is 14.0. The predicted octanol–water partition coefficient (Wildman–Crippen LogP) is 33.1. The zero-order chi connectivity index (χ0) is 85.2. The lowest BCUT2D eigenvalue weighted by molar-refractivity contribution is 0.590. The molecule has 5 heteroatoms. The smallest absolute Gasteiger partial charge is 0.252 e. The van der Waals surface area contributed by atoms with Crippen LogP contribution in [0.2, 0.25) is 0 Å². The summed E-state index contributed by atoms with van der Waals surface area (Å²) in [6, 6.07) is 164. The van der Waals surface area contributed by atoms with Gasteiger partial charge in [0, 0.05) is 85.3 Å². The minimum Gasteiger partial charge on any atom is -0.310 e. The quantitative estimate of drug-likeness (QED) is 0.100. The molecule has 2 aliphatic rings. The van der Waals surface area contributed by atoms with Gasteiger partial charge in [0.1, 0.15) is 0 Å². The number of thiophene rings is 2. The van der Waals surface area contributed by atoms with Crippen LogP contribution in [0.1, 0.15) is 52.7 Å². The zero-order valence-corrected chi connectivity index (χ0v) is 73.4. The molecular formula is C122H89BN2S2. The molecule has 2 aliphatic heterocycles. The Morgan fingerprint density at radius 1 is 0.197 bits per heavy atom. The number of nitrogens with zero attached hydrogens (tertiary/aromatic N) is 2. The summed E-state index contributed by atoms with van der Waals surface area (Å²) >= 11 is 3.78. The number of hydrogen-bond donors (Lipinski definition) is 0. The van der Waals surface area contributed by atoms with E-state index in [4.69, 9.17) is 0 Å². The summed E-state index contributed by atoms with van der Waals surface area (Å²) in [4.78, 5) is 5.58. The van der Waals surface area contributed by atoms with Crippen LogP contribution in [0.25, 0.3) is 174 Å². The fourth-order valence-electron chi connectivity index (χ4n) is 20.0. The zero-order valence-electron chi connectivity index (χ0n) is 71.8. The first-order valence-electron chi connectivity index (χ1n) is 44.3. The fourth-order valence-corrected chi connectivity index (χ4v) is 22.2. The Morgan fingerprint density at radius 3 is 0.843 bits per heavy atom. The lowest BCUT2D eigenvalue weighted by Crippen LogP contribution is -2.61. The average Bonchev–Trinajstić information content (AvgIpc) is 0.773. The minimum absolute atomic E-state index is 0.258. The van der Waals surface area contributed by atoms with E-state index in [1.807, 2.05) is 22.7 Å². The van der Waals surface area contributed by atoms with Crippen molar-refractivity contribution < 1.29 is 0 Å². The summed E-state index contributed by atoms with van der Waals surface area (Å²) in [5.74, 6) is 0. The van der Waals surface area contributed by atoms with Gasteiger partial charge in [0.15, 0.2) is 0 Å². The molecule has 21 aromatic rings. The lowest BCUT2D eigenvalue weighted by atomic mass is 9.33. The van der Waals surface area contributed by atoms with Crippen LogP contribution in [-0.2, 0) is 10.8 Å². The molecule has 602 valence electrons. The van der Waals surface area contributed by atoms with E-state index < -0.39 is 0 Å². The standard InChI is InChI=1S/C122H89BN2S2/c1-121(2,3)96-74-102(83-45-24-12-25-46-83)119(103(75-96)84-47-26-13-27-48-84)124-109-71-88(93-66-89(79-37-16-8-17-38-79)64-90(67-93)80-39-18-9-19-40-80)60-62-107(109)123-106-61-59-87(86-50-32-49-85(63-86)78-35-14-7-15-36-78)70-108(106)125(111-73-95(72-110(124)118(111)123)94-68-91(81-41-20-10-21-42-81)65-92(69-94)82-43-22-11-23-44-82)120-104(98-53-33-57-114-116(98)100-51-28-30-55-112(100)126-114)76-97(122(4,5)6)77-105(120)99-54-34-58-115-117(99)101-52-29-31-56-113(101)127-115/h7-77H,1-6H3. The first-order valence-corrected chi connectivity index (χ1v) is 45.9. The van der Waals surface area contributed by atoms with E-state index in [1.54, 1.807) is 0 Å². The molecule has 23 rings (SSSR count). The van der Waals surface area contributed by atoms with Gasteiger partial charge in [0.2, 0.25) is 0 Å². The maximum absolute atomic E-state index is 2.81. The Morgan fingerprint density at radius 2 is 0.457 bits per heavy atom. The fraction of sp³-hybridized carbons (Fsp3) is 0.0656. The molecule has 127 heavy (non-hydrogen) atoms. The third-order valence-electron chi connectivity index (χ3n) is 26.3. The Balaban J connectivity index is 0.929. The monoisotopic (exact) mass is 1660 g/mol. The molecule has 0 aliphatic carbocycles. The first-order chi connectivity index (χ1) is 62.2. The molecular weight excluding hydrogens is 1570 g/mol. The Bertz CT molecular complexity index is 7570. The highest BCUT2D eigenvalue weighted by Gasteiger charge is 2.47. The largest absolute Gasteiger partial charge is 0.310 e. The summed E-state index contributed by atoms with van der Waals surface area (Å²) in [5, 5.41) is 5.01. The van der Waals surface area contributed by atoms with Gasteiger partial charge in [-0.25, -0.2) is 0 Å². The maximum Gasteiger partial charge on any atom is 0.252 e. The number of hydrogen-bond acceptors (Lipinski definition) is 4. The van der Waals surface area contributed by atoms with Crippen molar-refractivity contribution in [3.05, 3.63) is 442 Å². The van der Waals surface area contributed by atoms with Crippen LogP contribution in [0.4, 0.5) is 34.1 Å². The van der Waals surface area contributed by atoms with E-state index in [9.17, 15) is 0 Å². The highest BCUT2D eigenvalue weighted by Crippen LogP contribution is 2.59. The molecule has 0 unspecified atom stereocenters. The normalized spacial score (nSPS) is 12.4. The van der Waals surface area contributed by atoms with E-state index in [0.717, 1.165) is 151 Å². The van der Waals surface area contributed by atoms with Crippen LogP contribution in [0.5, 0.6) is 0 Å². The van der Waals surface area contributed by atoms with Crippen LogP contribution in [-0.4, -0.2) is 6.71 Å². The van der Waals surface area contributed by atoms with Gasteiger partial charge < -0.3 is 9.80 Å². The van der Waals surface area contributed by atoms with Gasteiger partial charge in [-0.15, -0.1) is 22.7 Å². The highest BCUT2D eigenvalue weighted by molar-refractivity contribution is 7.26. The van der Waals surface area contributed by atoms with Gasteiger partial charge in [-0.1, -0.05) is 357 Å². The van der Waals surface area contributed by atoms with Crippen molar-refractivity contribution in [3.63, 3.8) is 0 Å². The summed E-state index contributed by atoms with van der Waals surface area (Å²) < 4.78 is 5.03. The second-order valence-corrected chi connectivity index (χ2v) is 38.4. The Hall–Kier alpha value is -14.7. The molecule has 0 fully saturated rings. The minimum atomic E-state index is -0.343. The number of benzene rings is 19. The average molecular weight is 1660 g/mol. The molecule has 19 aromatic carbocycles. The topological polar surface area (TPSA) is 6.48 Å². The molecule has 0 atom stereocenters. The molecule has 0 saturated carbocycles. The van der Waals surface area contributed by atoms with E-state index >= 15 is 0 Å². The molecule has 2 aromatic heterocycles. The van der Waals surface area contributed by atoms with Gasteiger partial charge >= 0.3 is 0 Å². The molecule has 0 radical (unpaired) electrons. The highest BCUT2D eigenvalue weighted by atomic mass is 32.1. The second-order valence-electron chi connectivity index (χ2n) is 36.2. The molecule has 0 spiro atoms.